The van der Waals surface area contributed by atoms with Crippen LogP contribution >= 0.6 is 11.8 Å². The molecule has 0 radical (unpaired) electrons. The van der Waals surface area contributed by atoms with Crippen LogP contribution in [0.4, 0.5) is 0 Å². The minimum Gasteiger partial charge on any atom is -0.391 e. The van der Waals surface area contributed by atoms with Gasteiger partial charge in [0.15, 0.2) is 0 Å². The van der Waals surface area contributed by atoms with Crippen LogP contribution in [0, 0.1) is 11.3 Å². The van der Waals surface area contributed by atoms with Gasteiger partial charge in [-0.2, -0.15) is 0 Å². The summed E-state index contributed by atoms with van der Waals surface area (Å²) in [6, 6.07) is 6.99. The van der Waals surface area contributed by atoms with Crippen LogP contribution < -0.4 is 5.32 Å². The maximum Gasteiger partial charge on any atom is 0.243 e. The Morgan fingerprint density at radius 3 is 2.40 bits per heavy atom. The minimum atomic E-state index is -0.681. The Labute approximate surface area is 184 Å². The summed E-state index contributed by atoms with van der Waals surface area (Å²) in [5, 5.41) is 14.9. The highest BCUT2D eigenvalue weighted by Crippen LogP contribution is 2.31. The van der Waals surface area contributed by atoms with Gasteiger partial charge in [0.1, 0.15) is 6.04 Å². The molecule has 1 saturated heterocycles. The van der Waals surface area contributed by atoms with E-state index >= 15 is 0 Å². The fraction of sp³-hybridized carbons (Fsp3) is 0.500. The molecule has 6 heteroatoms. The highest BCUT2D eigenvalue weighted by Gasteiger charge is 2.42. The third-order valence-corrected chi connectivity index (χ3v) is 6.54. The Bertz CT molecular complexity index is 798. The molecule has 0 spiro atoms. The molecule has 0 unspecified atom stereocenters. The van der Waals surface area contributed by atoms with E-state index in [0.29, 0.717) is 0 Å². The van der Waals surface area contributed by atoms with Crippen molar-refractivity contribution in [3.63, 3.8) is 0 Å². The second-order valence-corrected chi connectivity index (χ2v) is 10.1. The fourth-order valence-corrected chi connectivity index (χ4v) is 3.92. The number of carbonyl (C=O) groups excluding carboxylic acids is 2. The second-order valence-electron chi connectivity index (χ2n) is 9.04. The van der Waals surface area contributed by atoms with Crippen molar-refractivity contribution in [1.29, 1.82) is 0 Å². The second kappa shape index (κ2) is 9.84. The van der Waals surface area contributed by atoms with Crippen molar-refractivity contribution in [1.82, 2.24) is 10.2 Å². The van der Waals surface area contributed by atoms with Crippen LogP contribution in [-0.2, 0) is 9.59 Å². The molecule has 1 fully saturated rings. The highest BCUT2D eigenvalue weighted by atomic mass is 32.2. The lowest BCUT2D eigenvalue weighted by atomic mass is 9.81. The minimum absolute atomic E-state index is 0.0885. The smallest absolute Gasteiger partial charge is 0.243 e. The molecule has 2 amide bonds. The number of likely N-dealkylation sites (tertiary alicyclic amines) is 1. The summed E-state index contributed by atoms with van der Waals surface area (Å²) in [5.41, 5.74) is 1.76. The van der Waals surface area contributed by atoms with E-state index in [9.17, 15) is 14.7 Å². The van der Waals surface area contributed by atoms with E-state index in [4.69, 9.17) is 0 Å². The molecule has 1 aliphatic heterocycles. The largest absolute Gasteiger partial charge is 0.391 e. The van der Waals surface area contributed by atoms with Crippen molar-refractivity contribution in [3.05, 3.63) is 54.0 Å². The lowest BCUT2D eigenvalue weighted by Gasteiger charge is -2.33. The van der Waals surface area contributed by atoms with Crippen molar-refractivity contribution in [3.8, 4) is 0 Å². The van der Waals surface area contributed by atoms with E-state index in [2.05, 4.69) is 18.5 Å². The molecule has 0 bridgehead atoms. The number of hydrogen-bond donors (Lipinski definition) is 2. The van der Waals surface area contributed by atoms with E-state index in [-0.39, 0.29) is 42.2 Å². The van der Waals surface area contributed by atoms with Gasteiger partial charge < -0.3 is 15.3 Å². The van der Waals surface area contributed by atoms with Crippen LogP contribution in [0.5, 0.6) is 0 Å². The van der Waals surface area contributed by atoms with Crippen LogP contribution in [-0.4, -0.2) is 40.5 Å². The third-order valence-electron chi connectivity index (χ3n) is 5.85. The summed E-state index contributed by atoms with van der Waals surface area (Å²) >= 11 is 1.47. The zero-order valence-corrected chi connectivity index (χ0v) is 19.5. The Morgan fingerprint density at radius 2 is 1.87 bits per heavy atom. The molecule has 4 atom stereocenters. The molecule has 1 heterocycles. The molecule has 0 aromatic heterocycles. The van der Waals surface area contributed by atoms with Gasteiger partial charge in [0.2, 0.25) is 11.8 Å². The average molecular weight is 431 g/mol. The zero-order chi connectivity index (χ0) is 22.6. The Morgan fingerprint density at radius 1 is 1.27 bits per heavy atom. The van der Waals surface area contributed by atoms with E-state index in [1.54, 1.807) is 10.3 Å². The lowest BCUT2D eigenvalue weighted by Crippen LogP contribution is -2.49. The van der Waals surface area contributed by atoms with Gasteiger partial charge in [-0.15, -0.1) is 0 Å². The quantitative estimate of drug-likeness (QED) is 0.675. The Balaban J connectivity index is 2.08. The average Bonchev–Trinajstić information content (AvgIpc) is 3.08. The predicted octanol–water partition coefficient (Wildman–Crippen LogP) is 4.36. The maximum atomic E-state index is 13.0. The van der Waals surface area contributed by atoms with E-state index < -0.39 is 12.1 Å². The van der Waals surface area contributed by atoms with Crippen molar-refractivity contribution in [2.75, 3.05) is 6.54 Å². The topological polar surface area (TPSA) is 69.6 Å². The number of nitrogens with zero attached hydrogens (tertiary/aromatic N) is 1. The molecular formula is C24H34N2O3S. The Hall–Kier alpha value is -2.05. The van der Waals surface area contributed by atoms with E-state index in [1.807, 2.05) is 58.9 Å². The van der Waals surface area contributed by atoms with Crippen molar-refractivity contribution in [2.45, 2.75) is 59.2 Å². The van der Waals surface area contributed by atoms with Gasteiger partial charge in [-0.1, -0.05) is 76.9 Å². The van der Waals surface area contributed by atoms with Gasteiger partial charge >= 0.3 is 0 Å². The number of carbonyl (C=O) groups is 2. The summed E-state index contributed by atoms with van der Waals surface area (Å²) < 4.78 is 0. The van der Waals surface area contributed by atoms with Crippen LogP contribution in [0.3, 0.4) is 0 Å². The number of rotatable bonds is 7. The highest BCUT2D eigenvalue weighted by molar-refractivity contribution is 8.10. The first-order valence-corrected chi connectivity index (χ1v) is 11.2. The number of benzene rings is 1. The van der Waals surface area contributed by atoms with Gasteiger partial charge in [0.25, 0.3) is 0 Å². The van der Waals surface area contributed by atoms with Gasteiger partial charge in [0.05, 0.1) is 12.1 Å². The number of amides is 2. The number of aliphatic hydroxyl groups excluding tert-OH is 1. The molecule has 0 aliphatic carbocycles. The van der Waals surface area contributed by atoms with Gasteiger partial charge in [-0.25, -0.2) is 0 Å². The fourth-order valence-electron chi connectivity index (χ4n) is 3.44. The zero-order valence-electron chi connectivity index (χ0n) is 18.6. The van der Waals surface area contributed by atoms with Gasteiger partial charge in [0, 0.05) is 23.8 Å². The molecule has 2 rings (SSSR count). The maximum absolute atomic E-state index is 13.0. The van der Waals surface area contributed by atoms with E-state index in [1.165, 1.54) is 11.8 Å². The molecule has 2 N–H and O–H groups in total. The summed E-state index contributed by atoms with van der Waals surface area (Å²) in [6.45, 7) is 17.7. The van der Waals surface area contributed by atoms with Crippen LogP contribution in [0.2, 0.25) is 0 Å². The summed E-state index contributed by atoms with van der Waals surface area (Å²) in [5.74, 6) is -0.566. The van der Waals surface area contributed by atoms with Gasteiger partial charge in [-0.05, 0) is 28.9 Å². The van der Waals surface area contributed by atoms with E-state index in [0.717, 1.165) is 16.0 Å². The molecule has 5 nitrogen and oxygen atoms in total. The molecule has 164 valence electrons. The first-order valence-electron chi connectivity index (χ1n) is 10.3. The SMILES string of the molecule is C=CSC(=C)c1ccc([C@H](C)NC(=O)[C@@H]2C[C@@H](O)CN2C(=O)[C@@H](C)C(C)(C)C)cc1. The summed E-state index contributed by atoms with van der Waals surface area (Å²) in [6.07, 6.45) is -0.418. The summed E-state index contributed by atoms with van der Waals surface area (Å²) in [7, 11) is 0. The predicted molar refractivity (Wildman–Crippen MR) is 125 cm³/mol. The number of β-amino-alcohol motifs (C(OH)–C–C–N with tert-alkyl or cyclic N) is 1. The number of aliphatic hydroxyl groups is 1. The van der Waals surface area contributed by atoms with Crippen molar-refractivity contribution >= 4 is 28.5 Å². The lowest BCUT2D eigenvalue weighted by molar-refractivity contribution is -0.144. The van der Waals surface area contributed by atoms with Crippen LogP contribution in [0.25, 0.3) is 4.91 Å². The molecule has 1 aromatic carbocycles. The Kier molecular flexibility index (Phi) is 7.94. The first kappa shape index (κ1) is 24.2. The molecule has 1 aliphatic rings. The third kappa shape index (κ3) is 5.76. The number of thioether (sulfide) groups is 1. The van der Waals surface area contributed by atoms with Crippen LogP contribution in [0.1, 0.15) is 58.2 Å². The molecule has 1 aromatic rings. The number of nitrogens with one attached hydrogen (secondary N) is 1. The normalized spacial score (nSPS) is 21.1. The number of hydrogen-bond acceptors (Lipinski definition) is 4. The molecular weight excluding hydrogens is 396 g/mol. The monoisotopic (exact) mass is 430 g/mol. The van der Waals surface area contributed by atoms with Gasteiger partial charge in [-0.3, -0.25) is 9.59 Å². The van der Waals surface area contributed by atoms with Crippen molar-refractivity contribution < 1.29 is 14.7 Å². The first-order chi connectivity index (χ1) is 14.0. The van der Waals surface area contributed by atoms with Crippen molar-refractivity contribution in [2.24, 2.45) is 11.3 Å². The standard InChI is InChI=1S/C24H34N2O3S/c1-8-30-17(4)19-11-9-18(10-12-19)16(3)25-22(28)21-13-20(27)14-26(21)23(29)15(2)24(5,6)7/h8-12,15-16,20-21,27H,1,4,13-14H2,2-3,5-7H3,(H,25,28)/t15-,16+,20-,21+/m1/s1. The molecule has 30 heavy (non-hydrogen) atoms. The summed E-state index contributed by atoms with van der Waals surface area (Å²) in [4.78, 5) is 28.4. The van der Waals surface area contributed by atoms with Crippen LogP contribution in [0.15, 0.2) is 42.8 Å². The molecule has 0 saturated carbocycles.